The van der Waals surface area contributed by atoms with E-state index in [4.69, 9.17) is 16.3 Å². The number of halogens is 2. The van der Waals surface area contributed by atoms with E-state index in [9.17, 15) is 0 Å². The van der Waals surface area contributed by atoms with Gasteiger partial charge in [-0.15, -0.1) is 11.3 Å². The molecular weight excluding hydrogens is 322 g/mol. The van der Waals surface area contributed by atoms with Crippen LogP contribution >= 0.6 is 38.9 Å². The molecule has 17 heavy (non-hydrogen) atoms. The van der Waals surface area contributed by atoms with Gasteiger partial charge >= 0.3 is 0 Å². The molecule has 0 spiro atoms. The van der Waals surface area contributed by atoms with Crippen molar-refractivity contribution in [1.29, 1.82) is 0 Å². The van der Waals surface area contributed by atoms with Crippen LogP contribution in [0, 0.1) is 0 Å². The molecule has 0 aliphatic heterocycles. The highest BCUT2D eigenvalue weighted by Gasteiger charge is 2.02. The maximum absolute atomic E-state index is 5.87. The van der Waals surface area contributed by atoms with E-state index in [0.717, 1.165) is 26.8 Å². The third kappa shape index (κ3) is 3.37. The molecule has 0 aliphatic rings. The van der Waals surface area contributed by atoms with Crippen LogP contribution in [-0.4, -0.2) is 7.11 Å². The minimum Gasteiger partial charge on any atom is -0.496 e. The fraction of sp³-hybridized carbons (Fsp3) is 0.167. The lowest BCUT2D eigenvalue weighted by atomic mass is 10.3. The highest BCUT2D eigenvalue weighted by Crippen LogP contribution is 2.28. The summed E-state index contributed by atoms with van der Waals surface area (Å²) in [5, 5.41) is 3.33. The largest absolute Gasteiger partial charge is 0.496 e. The third-order valence-electron chi connectivity index (χ3n) is 2.25. The van der Waals surface area contributed by atoms with E-state index in [1.165, 1.54) is 4.88 Å². The molecule has 0 unspecified atom stereocenters. The molecule has 0 fully saturated rings. The van der Waals surface area contributed by atoms with Crippen molar-refractivity contribution in [3.05, 3.63) is 44.0 Å². The van der Waals surface area contributed by atoms with Crippen molar-refractivity contribution in [3.63, 3.8) is 0 Å². The first kappa shape index (κ1) is 12.7. The molecule has 1 N–H and O–H groups in total. The zero-order chi connectivity index (χ0) is 12.3. The van der Waals surface area contributed by atoms with Crippen molar-refractivity contribution in [2.45, 2.75) is 6.54 Å². The van der Waals surface area contributed by atoms with Crippen LogP contribution in [0.5, 0.6) is 5.75 Å². The van der Waals surface area contributed by atoms with E-state index in [0.29, 0.717) is 0 Å². The summed E-state index contributed by atoms with van der Waals surface area (Å²) in [5.74, 6) is 0.828. The quantitative estimate of drug-likeness (QED) is 0.869. The Balaban J connectivity index is 2.02. The first-order chi connectivity index (χ1) is 8.19. The van der Waals surface area contributed by atoms with Gasteiger partial charge in [-0.1, -0.05) is 11.6 Å². The van der Waals surface area contributed by atoms with Crippen LogP contribution in [0.1, 0.15) is 4.88 Å². The molecule has 0 amide bonds. The minimum absolute atomic E-state index is 0.774. The summed E-state index contributed by atoms with van der Waals surface area (Å²) in [5.41, 5.74) is 1.04. The van der Waals surface area contributed by atoms with Crippen molar-refractivity contribution in [2.24, 2.45) is 0 Å². The summed E-state index contributed by atoms with van der Waals surface area (Å²) in [6.07, 6.45) is 0. The van der Waals surface area contributed by atoms with Gasteiger partial charge in [0.2, 0.25) is 0 Å². The minimum atomic E-state index is 0.774. The Kier molecular flexibility index (Phi) is 4.31. The Morgan fingerprint density at radius 2 is 2.18 bits per heavy atom. The van der Waals surface area contributed by atoms with Crippen molar-refractivity contribution in [3.8, 4) is 5.75 Å². The molecule has 1 aromatic heterocycles. The van der Waals surface area contributed by atoms with Crippen molar-refractivity contribution in [1.82, 2.24) is 0 Å². The molecular formula is C12H11BrClNOS. The van der Waals surface area contributed by atoms with Gasteiger partial charge in [0, 0.05) is 17.1 Å². The predicted octanol–water partition coefficient (Wildman–Crippen LogP) is 4.78. The number of nitrogens with one attached hydrogen (secondary N) is 1. The van der Waals surface area contributed by atoms with E-state index >= 15 is 0 Å². The number of ether oxygens (including phenoxy) is 1. The fourth-order valence-corrected chi connectivity index (χ4v) is 2.98. The molecule has 2 nitrogen and oxygen atoms in total. The smallest absolute Gasteiger partial charge is 0.133 e. The molecule has 0 radical (unpaired) electrons. The van der Waals surface area contributed by atoms with Crippen LogP contribution in [0.2, 0.25) is 4.34 Å². The standard InChI is InChI=1S/C12H11BrClNOS/c1-16-11-4-2-8(6-10(11)13)15-7-9-3-5-12(14)17-9/h2-6,15H,7H2,1H3. The van der Waals surface area contributed by atoms with Gasteiger partial charge in [-0.3, -0.25) is 0 Å². The molecule has 1 aromatic carbocycles. The lowest BCUT2D eigenvalue weighted by Crippen LogP contribution is -1.97. The zero-order valence-electron chi connectivity index (χ0n) is 9.17. The van der Waals surface area contributed by atoms with Gasteiger partial charge in [0.05, 0.1) is 15.9 Å². The van der Waals surface area contributed by atoms with Gasteiger partial charge in [-0.05, 0) is 46.3 Å². The molecule has 0 saturated heterocycles. The number of thiophene rings is 1. The SMILES string of the molecule is COc1ccc(NCc2ccc(Cl)s2)cc1Br. The normalized spacial score (nSPS) is 10.3. The van der Waals surface area contributed by atoms with E-state index in [2.05, 4.69) is 21.2 Å². The van der Waals surface area contributed by atoms with E-state index < -0.39 is 0 Å². The molecule has 2 aromatic rings. The number of hydrogen-bond acceptors (Lipinski definition) is 3. The average molecular weight is 333 g/mol. The van der Waals surface area contributed by atoms with Crippen molar-refractivity contribution < 1.29 is 4.74 Å². The number of benzene rings is 1. The predicted molar refractivity (Wildman–Crippen MR) is 77.3 cm³/mol. The van der Waals surface area contributed by atoms with E-state index in [-0.39, 0.29) is 0 Å². The topological polar surface area (TPSA) is 21.3 Å². The Morgan fingerprint density at radius 3 is 2.76 bits per heavy atom. The Morgan fingerprint density at radius 1 is 1.35 bits per heavy atom. The molecule has 5 heteroatoms. The summed E-state index contributed by atoms with van der Waals surface area (Å²) in [6.45, 7) is 0.774. The van der Waals surface area contributed by atoms with Gasteiger partial charge in [-0.25, -0.2) is 0 Å². The lowest BCUT2D eigenvalue weighted by molar-refractivity contribution is 0.412. The lowest BCUT2D eigenvalue weighted by Gasteiger charge is -2.08. The van der Waals surface area contributed by atoms with Crippen LogP contribution in [0.15, 0.2) is 34.8 Å². The van der Waals surface area contributed by atoms with Crippen LogP contribution in [0.25, 0.3) is 0 Å². The summed E-state index contributed by atoms with van der Waals surface area (Å²) < 4.78 is 6.93. The Bertz CT molecular complexity index is 515. The number of methoxy groups -OCH3 is 1. The summed E-state index contributed by atoms with van der Waals surface area (Å²) in [7, 11) is 1.65. The highest BCUT2D eigenvalue weighted by atomic mass is 79.9. The average Bonchev–Trinajstić information content (AvgIpc) is 2.73. The molecule has 0 saturated carbocycles. The first-order valence-electron chi connectivity index (χ1n) is 5.00. The fourth-order valence-electron chi connectivity index (χ4n) is 1.41. The van der Waals surface area contributed by atoms with Crippen molar-refractivity contribution >= 4 is 44.6 Å². The Hall–Kier alpha value is -0.710. The van der Waals surface area contributed by atoms with E-state index in [1.54, 1.807) is 18.4 Å². The second kappa shape index (κ2) is 5.76. The second-order valence-electron chi connectivity index (χ2n) is 3.41. The molecule has 0 aliphatic carbocycles. The third-order valence-corrected chi connectivity index (χ3v) is 4.10. The van der Waals surface area contributed by atoms with Crippen molar-refractivity contribution in [2.75, 3.05) is 12.4 Å². The van der Waals surface area contributed by atoms with Crippen LogP contribution in [0.4, 0.5) is 5.69 Å². The number of anilines is 1. The molecule has 2 rings (SSSR count). The monoisotopic (exact) mass is 331 g/mol. The zero-order valence-corrected chi connectivity index (χ0v) is 12.3. The first-order valence-corrected chi connectivity index (χ1v) is 6.99. The Labute approximate surface area is 118 Å². The molecule has 0 bridgehead atoms. The van der Waals surface area contributed by atoms with E-state index in [1.807, 2.05) is 30.3 Å². The summed E-state index contributed by atoms with van der Waals surface area (Å²) in [6, 6.07) is 9.84. The summed E-state index contributed by atoms with van der Waals surface area (Å²) >= 11 is 10.9. The number of rotatable bonds is 4. The number of hydrogen-bond donors (Lipinski definition) is 1. The van der Waals surface area contributed by atoms with Gasteiger partial charge in [-0.2, -0.15) is 0 Å². The maximum atomic E-state index is 5.87. The van der Waals surface area contributed by atoms with Gasteiger partial charge < -0.3 is 10.1 Å². The van der Waals surface area contributed by atoms with Crippen LogP contribution in [0.3, 0.4) is 0 Å². The van der Waals surface area contributed by atoms with Crippen LogP contribution < -0.4 is 10.1 Å². The maximum Gasteiger partial charge on any atom is 0.133 e. The van der Waals surface area contributed by atoms with Gasteiger partial charge in [0.25, 0.3) is 0 Å². The molecule has 0 atom stereocenters. The van der Waals surface area contributed by atoms with Gasteiger partial charge in [0.1, 0.15) is 5.75 Å². The van der Waals surface area contributed by atoms with Gasteiger partial charge in [0.15, 0.2) is 0 Å². The van der Waals surface area contributed by atoms with Crippen LogP contribution in [-0.2, 0) is 6.54 Å². The second-order valence-corrected chi connectivity index (χ2v) is 6.06. The summed E-state index contributed by atoms with van der Waals surface area (Å²) in [4.78, 5) is 1.21. The highest BCUT2D eigenvalue weighted by molar-refractivity contribution is 9.10. The molecule has 90 valence electrons. The molecule has 1 heterocycles.